The normalized spacial score (nSPS) is 33.6. The third-order valence-electron chi connectivity index (χ3n) is 5.28. The van der Waals surface area contributed by atoms with E-state index in [-0.39, 0.29) is 40.3 Å². The van der Waals surface area contributed by atoms with Gasteiger partial charge in [-0.1, -0.05) is 11.6 Å². The van der Waals surface area contributed by atoms with Gasteiger partial charge in [0.1, 0.15) is 17.6 Å². The van der Waals surface area contributed by atoms with Gasteiger partial charge in [-0.05, 0) is 31.4 Å². The molecule has 2 atom stereocenters. The first kappa shape index (κ1) is 18.4. The number of hydrogen-bond acceptors (Lipinski definition) is 6. The number of nitrogens with one attached hydrogen (secondary N) is 4. The molecule has 27 heavy (non-hydrogen) atoms. The maximum Gasteiger partial charge on any atom is 0.258 e. The topological polar surface area (TPSA) is 112 Å². The van der Waals surface area contributed by atoms with Gasteiger partial charge in [0.2, 0.25) is 5.91 Å². The van der Waals surface area contributed by atoms with E-state index in [4.69, 9.17) is 16.3 Å². The van der Waals surface area contributed by atoms with Gasteiger partial charge in [-0.25, -0.2) is 4.39 Å². The summed E-state index contributed by atoms with van der Waals surface area (Å²) in [4.78, 5) is 24.3. The Morgan fingerprint density at radius 2 is 2.00 bits per heavy atom. The molecular formula is C17H20ClFN4O4. The monoisotopic (exact) mass is 398 g/mol. The van der Waals surface area contributed by atoms with Gasteiger partial charge < -0.3 is 20.5 Å². The first-order valence-corrected chi connectivity index (χ1v) is 9.04. The highest BCUT2D eigenvalue weighted by Gasteiger charge is 2.69. The van der Waals surface area contributed by atoms with Gasteiger partial charge in [0.05, 0.1) is 5.02 Å². The van der Waals surface area contributed by atoms with Crippen LogP contribution in [0.1, 0.15) is 19.3 Å². The third-order valence-corrected chi connectivity index (χ3v) is 5.58. The Balaban J connectivity index is 1.20. The third kappa shape index (κ3) is 3.60. The lowest BCUT2D eigenvalue weighted by molar-refractivity contribution is -0.151. The second-order valence-electron chi connectivity index (χ2n) is 7.52. The van der Waals surface area contributed by atoms with Gasteiger partial charge >= 0.3 is 0 Å². The fraction of sp³-hybridized carbons (Fsp3) is 0.529. The minimum Gasteiger partial charge on any atom is -0.484 e. The fourth-order valence-corrected chi connectivity index (χ4v) is 4.27. The largest absolute Gasteiger partial charge is 0.484 e. The number of rotatable bonds is 6. The molecule has 4 fully saturated rings. The van der Waals surface area contributed by atoms with E-state index in [1.54, 1.807) is 0 Å². The lowest BCUT2D eigenvalue weighted by atomic mass is 9.44. The summed E-state index contributed by atoms with van der Waals surface area (Å²) in [6.07, 6.45) is 1.12. The van der Waals surface area contributed by atoms with Crippen LogP contribution < -0.4 is 26.0 Å². The second kappa shape index (κ2) is 6.59. The van der Waals surface area contributed by atoms with Gasteiger partial charge in [0.15, 0.2) is 13.0 Å². The Labute approximate surface area is 159 Å². The van der Waals surface area contributed by atoms with Gasteiger partial charge in [-0.3, -0.25) is 20.2 Å². The van der Waals surface area contributed by atoms with Crippen LogP contribution in [0.3, 0.4) is 0 Å². The summed E-state index contributed by atoms with van der Waals surface area (Å²) >= 11 is 5.60. The number of amides is 2. The molecule has 0 radical (unpaired) electrons. The molecule has 0 aromatic heterocycles. The predicted octanol–water partition coefficient (Wildman–Crippen LogP) is -0.397. The summed E-state index contributed by atoms with van der Waals surface area (Å²) in [7, 11) is 0. The number of benzene rings is 1. The zero-order valence-electron chi connectivity index (χ0n) is 14.4. The van der Waals surface area contributed by atoms with Crippen LogP contribution in [0.25, 0.3) is 0 Å². The van der Waals surface area contributed by atoms with Crippen molar-refractivity contribution in [3.63, 3.8) is 0 Å². The second-order valence-corrected chi connectivity index (χ2v) is 7.93. The standard InChI is InChI=1S/C17H20ClFN4O4/c18-10-2-1-9(3-11(10)19)27-5-13(24)22-16-6-17(7-16,8-16)23-14(25)12-4-20-15(26)21-12/h1-3,12,15,20-21,26H,4-8H2,(H,22,24)(H,23,25). The van der Waals surface area contributed by atoms with E-state index in [0.29, 0.717) is 25.8 Å². The highest BCUT2D eigenvalue weighted by molar-refractivity contribution is 6.30. The molecule has 5 rings (SSSR count). The molecule has 2 unspecified atom stereocenters. The highest BCUT2D eigenvalue weighted by atomic mass is 35.5. The lowest BCUT2D eigenvalue weighted by Crippen LogP contribution is -2.84. The van der Waals surface area contributed by atoms with Crippen molar-refractivity contribution in [3.05, 3.63) is 29.0 Å². The summed E-state index contributed by atoms with van der Waals surface area (Å²) in [5.74, 6) is -0.832. The Morgan fingerprint density at radius 1 is 1.30 bits per heavy atom. The molecule has 1 heterocycles. The highest BCUT2D eigenvalue weighted by Crippen LogP contribution is 2.60. The van der Waals surface area contributed by atoms with E-state index in [0.717, 1.165) is 6.07 Å². The molecule has 5 N–H and O–H groups in total. The van der Waals surface area contributed by atoms with E-state index >= 15 is 0 Å². The van der Waals surface area contributed by atoms with Crippen LogP contribution >= 0.6 is 11.6 Å². The molecule has 8 nitrogen and oxygen atoms in total. The van der Waals surface area contributed by atoms with Crippen molar-refractivity contribution >= 4 is 23.4 Å². The van der Waals surface area contributed by atoms with E-state index in [9.17, 15) is 19.1 Å². The number of ether oxygens (including phenoxy) is 1. The number of carbonyl (C=O) groups excluding carboxylic acids is 2. The minimum absolute atomic E-state index is 0.00823. The number of aliphatic hydroxyl groups excluding tert-OH is 1. The molecule has 4 aliphatic rings. The van der Waals surface area contributed by atoms with Gasteiger partial charge in [0, 0.05) is 23.7 Å². The molecule has 1 aromatic carbocycles. The molecule has 2 bridgehead atoms. The van der Waals surface area contributed by atoms with Crippen molar-refractivity contribution in [2.45, 2.75) is 42.7 Å². The number of halogens is 2. The Morgan fingerprint density at radius 3 is 2.63 bits per heavy atom. The predicted molar refractivity (Wildman–Crippen MR) is 93.4 cm³/mol. The first-order valence-electron chi connectivity index (χ1n) is 8.67. The number of carbonyl (C=O) groups is 2. The molecule has 2 amide bonds. The van der Waals surface area contributed by atoms with Crippen LogP contribution in [0.5, 0.6) is 5.75 Å². The zero-order valence-corrected chi connectivity index (χ0v) is 15.1. The summed E-state index contributed by atoms with van der Waals surface area (Å²) in [6.45, 7) is 0.144. The van der Waals surface area contributed by atoms with Crippen molar-refractivity contribution in [3.8, 4) is 5.75 Å². The van der Waals surface area contributed by atoms with Crippen molar-refractivity contribution in [2.75, 3.05) is 13.2 Å². The molecule has 10 heteroatoms. The summed E-state index contributed by atoms with van der Waals surface area (Å²) in [5, 5.41) is 20.7. The fourth-order valence-electron chi connectivity index (χ4n) is 4.16. The van der Waals surface area contributed by atoms with Crippen LogP contribution in [-0.4, -0.2) is 53.5 Å². The molecule has 1 aromatic rings. The Kier molecular flexibility index (Phi) is 4.50. The average Bonchev–Trinajstić information content (AvgIpc) is 2.99. The molecule has 1 aliphatic heterocycles. The summed E-state index contributed by atoms with van der Waals surface area (Å²) in [6, 6.07) is 3.52. The molecule has 0 spiro atoms. The van der Waals surface area contributed by atoms with E-state index in [2.05, 4.69) is 21.3 Å². The van der Waals surface area contributed by atoms with Gasteiger partial charge in [0.25, 0.3) is 5.91 Å². The van der Waals surface area contributed by atoms with Gasteiger partial charge in [-0.2, -0.15) is 0 Å². The smallest absolute Gasteiger partial charge is 0.258 e. The Bertz CT molecular complexity index is 772. The SMILES string of the molecule is O=C(COc1ccc(Cl)c(F)c1)NC12CC(NC(=O)C3CNC(O)N3)(C1)C2. The summed E-state index contributed by atoms with van der Waals surface area (Å²) < 4.78 is 18.6. The zero-order chi connectivity index (χ0) is 19.2. The lowest BCUT2D eigenvalue weighted by Gasteiger charge is -2.70. The van der Waals surface area contributed by atoms with Crippen LogP contribution in [0, 0.1) is 5.82 Å². The first-order chi connectivity index (χ1) is 12.8. The van der Waals surface area contributed by atoms with E-state index in [1.807, 2.05) is 0 Å². The van der Waals surface area contributed by atoms with E-state index in [1.165, 1.54) is 12.1 Å². The van der Waals surface area contributed by atoms with Crippen LogP contribution in [-0.2, 0) is 9.59 Å². The maximum atomic E-state index is 13.4. The van der Waals surface area contributed by atoms with Crippen molar-refractivity contribution in [1.29, 1.82) is 0 Å². The maximum absolute atomic E-state index is 13.4. The molecule has 146 valence electrons. The minimum atomic E-state index is -0.867. The van der Waals surface area contributed by atoms with Crippen LogP contribution in [0.4, 0.5) is 4.39 Å². The molecular weight excluding hydrogens is 379 g/mol. The van der Waals surface area contributed by atoms with Crippen LogP contribution in [0.2, 0.25) is 5.02 Å². The quantitative estimate of drug-likeness (QED) is 0.446. The van der Waals surface area contributed by atoms with Crippen molar-refractivity contribution in [2.24, 2.45) is 0 Å². The molecule has 3 saturated carbocycles. The van der Waals surface area contributed by atoms with Crippen molar-refractivity contribution in [1.82, 2.24) is 21.3 Å². The van der Waals surface area contributed by atoms with Crippen LogP contribution in [0.15, 0.2) is 18.2 Å². The molecule has 1 saturated heterocycles. The van der Waals surface area contributed by atoms with Gasteiger partial charge in [-0.15, -0.1) is 0 Å². The number of aliphatic hydroxyl groups is 1. The summed E-state index contributed by atoms with van der Waals surface area (Å²) in [5.41, 5.74) is -0.584. The average molecular weight is 399 g/mol. The molecule has 3 aliphatic carbocycles. The Hall–Kier alpha value is -1.94. The van der Waals surface area contributed by atoms with Crippen molar-refractivity contribution < 1.29 is 23.8 Å². The number of hydrogen-bond donors (Lipinski definition) is 5. The van der Waals surface area contributed by atoms with E-state index < -0.39 is 18.2 Å².